The van der Waals surface area contributed by atoms with Crippen LogP contribution in [0.2, 0.25) is 10.0 Å². The molecule has 0 saturated carbocycles. The van der Waals surface area contributed by atoms with Gasteiger partial charge in [-0.25, -0.2) is 0 Å². The summed E-state index contributed by atoms with van der Waals surface area (Å²) in [6, 6.07) is 3.85. The van der Waals surface area contributed by atoms with E-state index in [-0.39, 0.29) is 6.04 Å². The average molecular weight is 274 g/mol. The maximum absolute atomic E-state index is 6.27. The van der Waals surface area contributed by atoms with E-state index >= 15 is 0 Å². The Morgan fingerprint density at radius 3 is 2.76 bits per heavy atom. The normalized spacial score (nSPS) is 23.1. The van der Waals surface area contributed by atoms with Crippen molar-refractivity contribution in [1.82, 2.24) is 5.32 Å². The molecule has 94 valence electrons. The molecule has 0 aliphatic carbocycles. The van der Waals surface area contributed by atoms with Crippen LogP contribution in [0, 0.1) is 5.92 Å². The molecule has 2 atom stereocenters. The van der Waals surface area contributed by atoms with Crippen molar-refractivity contribution in [2.45, 2.75) is 26.3 Å². The molecule has 2 unspecified atom stereocenters. The lowest BCUT2D eigenvalue weighted by Gasteiger charge is -2.33. The molecule has 4 heteroatoms. The quantitative estimate of drug-likeness (QED) is 0.897. The Labute approximate surface area is 112 Å². The van der Waals surface area contributed by atoms with Crippen LogP contribution < -0.4 is 10.1 Å². The molecule has 2 rings (SSSR count). The summed E-state index contributed by atoms with van der Waals surface area (Å²) in [7, 11) is 0. The van der Waals surface area contributed by atoms with Crippen molar-refractivity contribution in [3.05, 3.63) is 27.7 Å². The van der Waals surface area contributed by atoms with Crippen LogP contribution in [0.25, 0.3) is 0 Å². The van der Waals surface area contributed by atoms with E-state index < -0.39 is 0 Å². The van der Waals surface area contributed by atoms with Crippen LogP contribution in [0.15, 0.2) is 12.1 Å². The van der Waals surface area contributed by atoms with Crippen molar-refractivity contribution in [3.8, 4) is 5.75 Å². The molecule has 0 amide bonds. The van der Waals surface area contributed by atoms with Gasteiger partial charge in [0.15, 0.2) is 0 Å². The molecule has 1 heterocycles. The van der Waals surface area contributed by atoms with Gasteiger partial charge in [-0.3, -0.25) is 0 Å². The SMILES string of the molecule is CCCNC1c2c(Cl)ccc(Cl)c2OCC1C. The third-order valence-electron chi connectivity index (χ3n) is 3.08. The number of hydrogen-bond acceptors (Lipinski definition) is 2. The number of hydrogen-bond donors (Lipinski definition) is 1. The van der Waals surface area contributed by atoms with Crippen molar-refractivity contribution in [2.75, 3.05) is 13.2 Å². The Balaban J connectivity index is 2.39. The highest BCUT2D eigenvalue weighted by Crippen LogP contribution is 2.43. The summed E-state index contributed by atoms with van der Waals surface area (Å²) < 4.78 is 5.70. The topological polar surface area (TPSA) is 21.3 Å². The molecule has 1 aliphatic rings. The predicted molar refractivity (Wildman–Crippen MR) is 72.2 cm³/mol. The van der Waals surface area contributed by atoms with Gasteiger partial charge in [0.05, 0.1) is 11.6 Å². The van der Waals surface area contributed by atoms with E-state index in [1.54, 1.807) is 6.07 Å². The molecular formula is C13H17Cl2NO. The van der Waals surface area contributed by atoms with Gasteiger partial charge in [-0.1, -0.05) is 37.0 Å². The molecule has 0 radical (unpaired) electrons. The van der Waals surface area contributed by atoms with Crippen LogP contribution in [0.3, 0.4) is 0 Å². The standard InChI is InChI=1S/C13H17Cl2NO/c1-3-6-16-12-8(2)7-17-13-10(15)5-4-9(14)11(12)13/h4-5,8,12,16H,3,6-7H2,1-2H3. The Bertz CT molecular complexity index is 409. The highest BCUT2D eigenvalue weighted by Gasteiger charge is 2.30. The third-order valence-corrected chi connectivity index (χ3v) is 3.71. The molecule has 1 aromatic rings. The van der Waals surface area contributed by atoms with E-state index in [2.05, 4.69) is 19.2 Å². The van der Waals surface area contributed by atoms with Gasteiger partial charge in [0, 0.05) is 22.5 Å². The Morgan fingerprint density at radius 1 is 1.35 bits per heavy atom. The first-order valence-corrected chi connectivity index (χ1v) is 6.74. The van der Waals surface area contributed by atoms with E-state index in [0.29, 0.717) is 17.5 Å². The maximum atomic E-state index is 6.27. The maximum Gasteiger partial charge on any atom is 0.144 e. The minimum Gasteiger partial charge on any atom is -0.491 e. The highest BCUT2D eigenvalue weighted by atomic mass is 35.5. The van der Waals surface area contributed by atoms with E-state index in [1.807, 2.05) is 6.07 Å². The van der Waals surface area contributed by atoms with E-state index in [4.69, 9.17) is 27.9 Å². The first-order chi connectivity index (χ1) is 8.15. The summed E-state index contributed by atoms with van der Waals surface area (Å²) in [5.41, 5.74) is 1.01. The fourth-order valence-corrected chi connectivity index (χ4v) is 2.67. The molecular weight excluding hydrogens is 257 g/mol. The molecule has 17 heavy (non-hydrogen) atoms. The molecule has 0 fully saturated rings. The lowest BCUT2D eigenvalue weighted by atomic mass is 9.92. The number of halogens is 2. The van der Waals surface area contributed by atoms with Gasteiger partial charge in [0.1, 0.15) is 5.75 Å². The molecule has 2 nitrogen and oxygen atoms in total. The molecule has 0 bridgehead atoms. The van der Waals surface area contributed by atoms with Crippen LogP contribution in [0.4, 0.5) is 0 Å². The molecule has 0 spiro atoms. The van der Waals surface area contributed by atoms with Gasteiger partial charge >= 0.3 is 0 Å². The highest BCUT2D eigenvalue weighted by molar-refractivity contribution is 6.35. The van der Waals surface area contributed by atoms with E-state index in [9.17, 15) is 0 Å². The fourth-order valence-electron chi connectivity index (χ4n) is 2.18. The zero-order valence-electron chi connectivity index (χ0n) is 10.1. The number of nitrogens with one attached hydrogen (secondary N) is 1. The van der Waals surface area contributed by atoms with Crippen LogP contribution in [0.1, 0.15) is 31.9 Å². The first kappa shape index (κ1) is 13.0. The Morgan fingerprint density at radius 2 is 2.06 bits per heavy atom. The number of fused-ring (bicyclic) bond motifs is 1. The summed E-state index contributed by atoms with van der Waals surface area (Å²) in [6.45, 7) is 5.96. The van der Waals surface area contributed by atoms with Crippen molar-refractivity contribution < 1.29 is 4.74 Å². The van der Waals surface area contributed by atoms with Gasteiger partial charge in [-0.05, 0) is 25.1 Å². The van der Waals surface area contributed by atoms with Gasteiger partial charge in [-0.15, -0.1) is 0 Å². The summed E-state index contributed by atoms with van der Waals surface area (Å²) in [5.74, 6) is 1.14. The lowest BCUT2D eigenvalue weighted by Crippen LogP contribution is -2.34. The van der Waals surface area contributed by atoms with Gasteiger partial charge in [0.2, 0.25) is 0 Å². The Hall–Kier alpha value is -0.440. The number of rotatable bonds is 3. The third kappa shape index (κ3) is 2.54. The van der Waals surface area contributed by atoms with Crippen LogP contribution in [-0.4, -0.2) is 13.2 Å². The summed E-state index contributed by atoms with van der Waals surface area (Å²) >= 11 is 12.4. The van der Waals surface area contributed by atoms with E-state index in [0.717, 1.165) is 29.3 Å². The van der Waals surface area contributed by atoms with Crippen molar-refractivity contribution in [3.63, 3.8) is 0 Å². The minimum absolute atomic E-state index is 0.227. The van der Waals surface area contributed by atoms with Crippen LogP contribution in [0.5, 0.6) is 5.75 Å². The average Bonchev–Trinajstić information content (AvgIpc) is 2.32. The summed E-state index contributed by atoms with van der Waals surface area (Å²) in [4.78, 5) is 0. The van der Waals surface area contributed by atoms with E-state index in [1.165, 1.54) is 0 Å². The molecule has 1 N–H and O–H groups in total. The first-order valence-electron chi connectivity index (χ1n) is 5.99. The second-order valence-electron chi connectivity index (χ2n) is 4.49. The summed E-state index contributed by atoms with van der Waals surface area (Å²) in [5, 5.41) is 4.89. The van der Waals surface area contributed by atoms with Gasteiger partial charge in [-0.2, -0.15) is 0 Å². The summed E-state index contributed by atoms with van der Waals surface area (Å²) in [6.07, 6.45) is 1.09. The fraction of sp³-hybridized carbons (Fsp3) is 0.538. The monoisotopic (exact) mass is 273 g/mol. The Kier molecular flexibility index (Phi) is 4.18. The molecule has 1 aliphatic heterocycles. The van der Waals surface area contributed by atoms with Crippen molar-refractivity contribution in [1.29, 1.82) is 0 Å². The smallest absolute Gasteiger partial charge is 0.144 e. The lowest BCUT2D eigenvalue weighted by molar-refractivity contribution is 0.189. The second kappa shape index (κ2) is 5.47. The zero-order valence-corrected chi connectivity index (χ0v) is 11.6. The van der Waals surface area contributed by atoms with Gasteiger partial charge in [0.25, 0.3) is 0 Å². The van der Waals surface area contributed by atoms with Crippen LogP contribution >= 0.6 is 23.2 Å². The largest absolute Gasteiger partial charge is 0.491 e. The van der Waals surface area contributed by atoms with Crippen molar-refractivity contribution >= 4 is 23.2 Å². The predicted octanol–water partition coefficient (Wildman–Crippen LogP) is 4.06. The number of ether oxygens (including phenoxy) is 1. The minimum atomic E-state index is 0.227. The molecule has 0 saturated heterocycles. The molecule has 1 aromatic carbocycles. The zero-order chi connectivity index (χ0) is 12.4. The molecule has 0 aromatic heterocycles. The van der Waals surface area contributed by atoms with Crippen LogP contribution in [-0.2, 0) is 0 Å². The van der Waals surface area contributed by atoms with Gasteiger partial charge < -0.3 is 10.1 Å². The van der Waals surface area contributed by atoms with Crippen molar-refractivity contribution in [2.24, 2.45) is 5.92 Å². The number of benzene rings is 1. The second-order valence-corrected chi connectivity index (χ2v) is 5.31.